The van der Waals surface area contributed by atoms with Crippen molar-refractivity contribution in [2.75, 3.05) is 26.2 Å². The van der Waals surface area contributed by atoms with E-state index < -0.39 is 0 Å². The standard InChI is InChI=1S/C31H34BrN3O/c1-20-2-4-24(5-3-20)29-16-27(26-15-25(32)6-7-28(26)33-29)30(36)34-8-10-35(11-9-34)31-17-21-12-22(18-31)14-23(13-21)19-31/h2-7,15-16,21-23H,8-14,17-19H2,1H3. The number of halogens is 1. The number of aryl methyl sites for hydroxylation is 1. The Balaban J connectivity index is 1.16. The van der Waals surface area contributed by atoms with E-state index in [1.165, 1.54) is 44.1 Å². The van der Waals surface area contributed by atoms with E-state index in [-0.39, 0.29) is 5.91 Å². The smallest absolute Gasteiger partial charge is 0.254 e. The SMILES string of the molecule is Cc1ccc(-c2cc(C(=O)N3CCN(C45CC6CC(CC(C6)C4)C5)CC3)c3cc(Br)ccc3n2)cc1. The molecule has 0 spiro atoms. The first-order valence-corrected chi connectivity index (χ1v) is 14.5. The number of hydrogen-bond acceptors (Lipinski definition) is 3. The molecule has 186 valence electrons. The molecule has 4 nitrogen and oxygen atoms in total. The summed E-state index contributed by atoms with van der Waals surface area (Å²) in [4.78, 5) is 23.8. The number of benzene rings is 2. The highest BCUT2D eigenvalue weighted by atomic mass is 79.9. The van der Waals surface area contributed by atoms with Gasteiger partial charge in [-0.25, -0.2) is 4.98 Å². The molecule has 36 heavy (non-hydrogen) atoms. The van der Waals surface area contributed by atoms with Crippen molar-refractivity contribution in [3.8, 4) is 11.3 Å². The van der Waals surface area contributed by atoms with E-state index in [2.05, 4.69) is 56.9 Å². The maximum atomic E-state index is 14.0. The van der Waals surface area contributed by atoms with E-state index in [0.29, 0.717) is 5.54 Å². The molecule has 0 unspecified atom stereocenters. The van der Waals surface area contributed by atoms with Crippen LogP contribution in [0.25, 0.3) is 22.2 Å². The second-order valence-electron chi connectivity index (χ2n) is 12.0. The van der Waals surface area contributed by atoms with Gasteiger partial charge >= 0.3 is 0 Å². The zero-order valence-corrected chi connectivity index (χ0v) is 22.6. The van der Waals surface area contributed by atoms with Crippen molar-refractivity contribution < 1.29 is 4.79 Å². The molecule has 4 bridgehead atoms. The molecule has 1 saturated heterocycles. The number of amides is 1. The second kappa shape index (κ2) is 8.66. The second-order valence-corrected chi connectivity index (χ2v) is 12.9. The van der Waals surface area contributed by atoms with Crippen molar-refractivity contribution in [1.29, 1.82) is 0 Å². The highest BCUT2D eigenvalue weighted by molar-refractivity contribution is 9.10. The minimum atomic E-state index is 0.138. The number of pyridine rings is 1. The lowest BCUT2D eigenvalue weighted by atomic mass is 9.52. The van der Waals surface area contributed by atoms with Gasteiger partial charge in [0.05, 0.1) is 16.8 Å². The Bertz CT molecular complexity index is 1290. The van der Waals surface area contributed by atoms with Gasteiger partial charge in [0.15, 0.2) is 0 Å². The van der Waals surface area contributed by atoms with Gasteiger partial charge in [0.2, 0.25) is 0 Å². The molecular formula is C31H34BrN3O. The molecule has 2 heterocycles. The molecule has 5 aliphatic rings. The first-order chi connectivity index (χ1) is 17.5. The fourth-order valence-electron chi connectivity index (χ4n) is 8.25. The normalized spacial score (nSPS) is 29.7. The van der Waals surface area contributed by atoms with Crippen molar-refractivity contribution in [2.45, 2.75) is 51.0 Å². The third-order valence-electron chi connectivity index (χ3n) is 9.59. The molecule has 5 fully saturated rings. The van der Waals surface area contributed by atoms with E-state index in [1.54, 1.807) is 0 Å². The summed E-state index contributed by atoms with van der Waals surface area (Å²) in [7, 11) is 0. The van der Waals surface area contributed by atoms with Crippen LogP contribution in [-0.4, -0.2) is 52.4 Å². The predicted octanol–water partition coefficient (Wildman–Crippen LogP) is 6.70. The number of piperazine rings is 1. The summed E-state index contributed by atoms with van der Waals surface area (Å²) in [5.41, 5.74) is 5.19. The van der Waals surface area contributed by atoms with Crippen LogP contribution in [0.15, 0.2) is 53.0 Å². The topological polar surface area (TPSA) is 36.4 Å². The lowest BCUT2D eigenvalue weighted by Crippen LogP contribution is -2.64. The number of carbonyl (C=O) groups is 1. The summed E-state index contributed by atoms with van der Waals surface area (Å²) in [6.45, 7) is 5.74. The largest absolute Gasteiger partial charge is 0.336 e. The first-order valence-electron chi connectivity index (χ1n) is 13.7. The maximum Gasteiger partial charge on any atom is 0.254 e. The number of carbonyl (C=O) groups excluding carboxylic acids is 1. The Hall–Kier alpha value is -2.24. The molecule has 1 amide bonds. The summed E-state index contributed by atoms with van der Waals surface area (Å²) in [5, 5.41) is 0.925. The molecule has 4 saturated carbocycles. The average Bonchev–Trinajstić information content (AvgIpc) is 2.87. The van der Waals surface area contributed by atoms with Gasteiger partial charge in [-0.1, -0.05) is 45.8 Å². The van der Waals surface area contributed by atoms with E-state index >= 15 is 0 Å². The third-order valence-corrected chi connectivity index (χ3v) is 10.1. The highest BCUT2D eigenvalue weighted by Gasteiger charge is 2.53. The minimum Gasteiger partial charge on any atom is -0.336 e. The van der Waals surface area contributed by atoms with Gasteiger partial charge in [0.25, 0.3) is 5.91 Å². The van der Waals surface area contributed by atoms with Crippen molar-refractivity contribution in [3.05, 3.63) is 64.1 Å². The first kappa shape index (κ1) is 22.9. The van der Waals surface area contributed by atoms with Crippen LogP contribution in [0.5, 0.6) is 0 Å². The summed E-state index contributed by atoms with van der Waals surface area (Å²) >= 11 is 3.61. The van der Waals surface area contributed by atoms with Crippen LogP contribution in [0.3, 0.4) is 0 Å². The molecule has 1 aliphatic heterocycles. The maximum absolute atomic E-state index is 14.0. The van der Waals surface area contributed by atoms with Gasteiger partial charge in [-0.3, -0.25) is 9.69 Å². The number of fused-ring (bicyclic) bond motifs is 1. The Morgan fingerprint density at radius 2 is 1.53 bits per heavy atom. The lowest BCUT2D eigenvalue weighted by molar-refractivity contribution is -0.0987. The summed E-state index contributed by atoms with van der Waals surface area (Å²) in [6.07, 6.45) is 8.63. The monoisotopic (exact) mass is 543 g/mol. The van der Waals surface area contributed by atoms with Crippen LogP contribution in [0, 0.1) is 24.7 Å². The van der Waals surface area contributed by atoms with Crippen molar-refractivity contribution >= 4 is 32.7 Å². The number of hydrogen-bond donors (Lipinski definition) is 0. The van der Waals surface area contributed by atoms with Crippen LogP contribution < -0.4 is 0 Å². The van der Waals surface area contributed by atoms with Crippen LogP contribution in [0.1, 0.15) is 54.4 Å². The molecule has 0 N–H and O–H groups in total. The summed E-state index contributed by atoms with van der Waals surface area (Å²) < 4.78 is 0.973. The number of nitrogens with zero attached hydrogens (tertiary/aromatic N) is 3. The van der Waals surface area contributed by atoms with Crippen molar-refractivity contribution in [2.24, 2.45) is 17.8 Å². The van der Waals surface area contributed by atoms with Gasteiger partial charge < -0.3 is 4.90 Å². The lowest BCUT2D eigenvalue weighted by Gasteiger charge is -2.61. The van der Waals surface area contributed by atoms with Gasteiger partial charge in [0.1, 0.15) is 0 Å². The zero-order valence-electron chi connectivity index (χ0n) is 21.0. The molecule has 1 aromatic heterocycles. The molecule has 8 rings (SSSR count). The fourth-order valence-corrected chi connectivity index (χ4v) is 8.61. The average molecular weight is 545 g/mol. The van der Waals surface area contributed by atoms with Crippen molar-refractivity contribution in [1.82, 2.24) is 14.8 Å². The molecule has 5 heteroatoms. The van der Waals surface area contributed by atoms with Crippen LogP contribution >= 0.6 is 15.9 Å². The Morgan fingerprint density at radius 3 is 2.17 bits per heavy atom. The van der Waals surface area contributed by atoms with Crippen molar-refractivity contribution in [3.63, 3.8) is 0 Å². The van der Waals surface area contributed by atoms with Gasteiger partial charge in [0, 0.05) is 47.1 Å². The molecule has 0 radical (unpaired) electrons. The van der Waals surface area contributed by atoms with E-state index in [0.717, 1.165) is 76.1 Å². The van der Waals surface area contributed by atoms with Crippen LogP contribution in [-0.2, 0) is 0 Å². The quantitative estimate of drug-likeness (QED) is 0.368. The zero-order chi connectivity index (χ0) is 24.4. The Labute approximate surface area is 222 Å². The van der Waals surface area contributed by atoms with E-state index in [9.17, 15) is 4.79 Å². The number of rotatable bonds is 3. The summed E-state index contributed by atoms with van der Waals surface area (Å²) in [6, 6.07) is 16.5. The molecule has 4 aliphatic carbocycles. The highest BCUT2D eigenvalue weighted by Crippen LogP contribution is 2.57. The van der Waals surface area contributed by atoms with Crippen LogP contribution in [0.4, 0.5) is 0 Å². The number of aromatic nitrogens is 1. The van der Waals surface area contributed by atoms with Gasteiger partial charge in [-0.15, -0.1) is 0 Å². The fraction of sp³-hybridized carbons (Fsp3) is 0.484. The Kier molecular flexibility index (Phi) is 5.52. The predicted molar refractivity (Wildman–Crippen MR) is 148 cm³/mol. The van der Waals surface area contributed by atoms with E-state index in [4.69, 9.17) is 4.98 Å². The molecule has 0 atom stereocenters. The molecule has 2 aromatic carbocycles. The van der Waals surface area contributed by atoms with Crippen LogP contribution in [0.2, 0.25) is 0 Å². The minimum absolute atomic E-state index is 0.138. The molecular weight excluding hydrogens is 510 g/mol. The van der Waals surface area contributed by atoms with Gasteiger partial charge in [-0.05, 0) is 87.5 Å². The Morgan fingerprint density at radius 1 is 0.889 bits per heavy atom. The summed E-state index contributed by atoms with van der Waals surface area (Å²) in [5.74, 6) is 3.01. The van der Waals surface area contributed by atoms with E-state index in [1.807, 2.05) is 24.3 Å². The van der Waals surface area contributed by atoms with Gasteiger partial charge in [-0.2, -0.15) is 0 Å². The molecule has 3 aromatic rings. The third kappa shape index (κ3) is 3.90.